The van der Waals surface area contributed by atoms with Crippen molar-refractivity contribution >= 4 is 27.2 Å². The molecule has 7 heteroatoms. The number of hydrogen-bond donors (Lipinski definition) is 2. The van der Waals surface area contributed by atoms with E-state index in [4.69, 9.17) is 0 Å². The van der Waals surface area contributed by atoms with E-state index >= 15 is 0 Å². The van der Waals surface area contributed by atoms with Crippen molar-refractivity contribution in [3.63, 3.8) is 0 Å². The summed E-state index contributed by atoms with van der Waals surface area (Å²) in [5.74, 6) is 0.151. The molecule has 2 N–H and O–H groups in total. The van der Waals surface area contributed by atoms with Gasteiger partial charge >= 0.3 is 0 Å². The number of halogens is 1. The van der Waals surface area contributed by atoms with Crippen LogP contribution in [0.2, 0.25) is 0 Å². The number of nitrogens with zero attached hydrogens (tertiary/aromatic N) is 1. The number of pyridine rings is 1. The van der Waals surface area contributed by atoms with Crippen molar-refractivity contribution in [2.24, 2.45) is 0 Å². The second-order valence-corrected chi connectivity index (χ2v) is 8.13. The first-order valence-electron chi connectivity index (χ1n) is 8.33. The molecule has 0 unspecified atom stereocenters. The average Bonchev–Trinajstić information content (AvgIpc) is 2.58. The maximum Gasteiger partial charge on any atom is 0.261 e. The summed E-state index contributed by atoms with van der Waals surface area (Å²) in [4.78, 5) is 4.24. The minimum Gasteiger partial charge on any atom is -0.340 e. The second-order valence-electron chi connectivity index (χ2n) is 6.45. The zero-order chi connectivity index (χ0) is 19.6. The molecule has 0 fully saturated rings. The molecule has 2 aromatic carbocycles. The molecule has 0 aliphatic rings. The topological polar surface area (TPSA) is 71.1 Å². The Morgan fingerprint density at radius 3 is 2.19 bits per heavy atom. The highest BCUT2D eigenvalue weighted by Gasteiger charge is 2.15. The van der Waals surface area contributed by atoms with E-state index in [9.17, 15) is 12.8 Å². The highest BCUT2D eigenvalue weighted by Crippen LogP contribution is 2.21. The number of benzene rings is 2. The fraction of sp³-hybridized carbons (Fsp3) is 0.150. The Labute approximate surface area is 158 Å². The normalized spacial score (nSPS) is 11.3. The van der Waals surface area contributed by atoms with E-state index in [1.807, 2.05) is 26.0 Å². The highest BCUT2D eigenvalue weighted by atomic mass is 32.2. The van der Waals surface area contributed by atoms with Gasteiger partial charge in [0.1, 0.15) is 11.6 Å². The summed E-state index contributed by atoms with van der Waals surface area (Å²) in [5, 5.41) is 3.19. The van der Waals surface area contributed by atoms with Gasteiger partial charge in [0.25, 0.3) is 10.0 Å². The quantitative estimate of drug-likeness (QED) is 0.668. The maximum absolute atomic E-state index is 13.4. The third kappa shape index (κ3) is 4.62. The Balaban J connectivity index is 1.76. The van der Waals surface area contributed by atoms with Crippen LogP contribution < -0.4 is 10.0 Å². The van der Waals surface area contributed by atoms with Gasteiger partial charge in [-0.3, -0.25) is 4.72 Å². The predicted molar refractivity (Wildman–Crippen MR) is 105 cm³/mol. The number of anilines is 3. The number of sulfonamides is 1. The van der Waals surface area contributed by atoms with Gasteiger partial charge in [0, 0.05) is 5.69 Å². The van der Waals surface area contributed by atoms with Gasteiger partial charge in [-0.05, 0) is 79.9 Å². The minimum atomic E-state index is -3.81. The molecule has 1 heterocycles. The van der Waals surface area contributed by atoms with E-state index in [2.05, 4.69) is 21.1 Å². The summed E-state index contributed by atoms with van der Waals surface area (Å²) in [6, 6.07) is 13.0. The Morgan fingerprint density at radius 1 is 0.889 bits per heavy atom. The zero-order valence-corrected chi connectivity index (χ0v) is 16.1. The van der Waals surface area contributed by atoms with Crippen LogP contribution in [-0.4, -0.2) is 13.4 Å². The summed E-state index contributed by atoms with van der Waals surface area (Å²) in [6.07, 6.45) is 1.43. The van der Waals surface area contributed by atoms with Crippen molar-refractivity contribution in [2.75, 3.05) is 10.0 Å². The van der Waals surface area contributed by atoms with Gasteiger partial charge in [0.15, 0.2) is 0 Å². The van der Waals surface area contributed by atoms with Crippen molar-refractivity contribution in [1.29, 1.82) is 0 Å². The van der Waals surface area contributed by atoms with Gasteiger partial charge in [0.2, 0.25) is 0 Å². The van der Waals surface area contributed by atoms with Gasteiger partial charge in [-0.2, -0.15) is 0 Å². The molecule has 0 bridgehead atoms. The summed E-state index contributed by atoms with van der Waals surface area (Å²) in [7, 11) is -3.81. The lowest BCUT2D eigenvalue weighted by Gasteiger charge is -2.11. The third-order valence-electron chi connectivity index (χ3n) is 3.95. The largest absolute Gasteiger partial charge is 0.340 e. The van der Waals surface area contributed by atoms with E-state index in [-0.39, 0.29) is 10.5 Å². The lowest BCUT2D eigenvalue weighted by Crippen LogP contribution is -2.13. The van der Waals surface area contributed by atoms with Crippen LogP contribution in [0.3, 0.4) is 0 Å². The van der Waals surface area contributed by atoms with Gasteiger partial charge in [-0.1, -0.05) is 6.07 Å². The molecular weight excluding hydrogens is 365 g/mol. The molecule has 3 rings (SSSR count). The first-order chi connectivity index (χ1) is 12.7. The van der Waals surface area contributed by atoms with Crippen molar-refractivity contribution < 1.29 is 12.8 Å². The number of aryl methyl sites for hydroxylation is 3. The Bertz CT molecular complexity index is 1060. The number of hydrogen-bond acceptors (Lipinski definition) is 4. The lowest BCUT2D eigenvalue weighted by molar-refractivity contribution is 0.598. The Hall–Kier alpha value is -2.93. The highest BCUT2D eigenvalue weighted by molar-refractivity contribution is 7.92. The fourth-order valence-corrected chi connectivity index (χ4v) is 3.85. The van der Waals surface area contributed by atoms with Crippen LogP contribution in [0.1, 0.15) is 16.7 Å². The Kier molecular flexibility index (Phi) is 5.14. The molecule has 0 atom stereocenters. The number of rotatable bonds is 5. The van der Waals surface area contributed by atoms with Crippen LogP contribution in [-0.2, 0) is 10.0 Å². The van der Waals surface area contributed by atoms with E-state index in [1.165, 1.54) is 25.3 Å². The predicted octanol–water partition coefficient (Wildman–Crippen LogP) is 4.69. The smallest absolute Gasteiger partial charge is 0.261 e. The van der Waals surface area contributed by atoms with Crippen LogP contribution in [0.15, 0.2) is 59.6 Å². The maximum atomic E-state index is 13.4. The molecule has 0 amide bonds. The lowest BCUT2D eigenvalue weighted by atomic mass is 10.1. The van der Waals surface area contributed by atoms with Crippen LogP contribution in [0.5, 0.6) is 0 Å². The van der Waals surface area contributed by atoms with Crippen LogP contribution in [0, 0.1) is 26.6 Å². The number of aromatic nitrogens is 1. The van der Waals surface area contributed by atoms with E-state index in [0.29, 0.717) is 11.5 Å². The van der Waals surface area contributed by atoms with E-state index in [0.717, 1.165) is 22.9 Å². The summed E-state index contributed by atoms with van der Waals surface area (Å²) >= 11 is 0. The molecule has 0 saturated carbocycles. The standard InChI is InChI=1S/C20H20FN3O2S/c1-13-8-14(2)10-17(9-13)23-20-7-4-16(12-22-20)24-27(25,26)18-5-6-19(21)15(3)11-18/h4-12,24H,1-3H3,(H,22,23). The van der Waals surface area contributed by atoms with Crippen molar-refractivity contribution in [2.45, 2.75) is 25.7 Å². The fourth-order valence-electron chi connectivity index (χ4n) is 2.72. The van der Waals surface area contributed by atoms with Crippen LogP contribution >= 0.6 is 0 Å². The molecule has 140 valence electrons. The van der Waals surface area contributed by atoms with Gasteiger partial charge in [-0.15, -0.1) is 0 Å². The monoisotopic (exact) mass is 385 g/mol. The first kappa shape index (κ1) is 18.8. The molecule has 0 spiro atoms. The van der Waals surface area contributed by atoms with Crippen molar-refractivity contribution in [1.82, 2.24) is 4.98 Å². The minimum absolute atomic E-state index is 0.00108. The summed E-state index contributed by atoms with van der Waals surface area (Å²) < 4.78 is 40.7. The average molecular weight is 385 g/mol. The van der Waals surface area contributed by atoms with Gasteiger partial charge in [-0.25, -0.2) is 17.8 Å². The first-order valence-corrected chi connectivity index (χ1v) is 9.81. The third-order valence-corrected chi connectivity index (χ3v) is 5.33. The van der Waals surface area contributed by atoms with E-state index in [1.54, 1.807) is 12.1 Å². The summed E-state index contributed by atoms with van der Waals surface area (Å²) in [5.41, 5.74) is 3.77. The molecule has 0 saturated heterocycles. The molecule has 0 aliphatic carbocycles. The Morgan fingerprint density at radius 2 is 1.59 bits per heavy atom. The SMILES string of the molecule is Cc1cc(C)cc(Nc2ccc(NS(=O)(=O)c3ccc(F)c(C)c3)cn2)c1. The van der Waals surface area contributed by atoms with Crippen LogP contribution in [0.25, 0.3) is 0 Å². The number of nitrogens with one attached hydrogen (secondary N) is 2. The van der Waals surface area contributed by atoms with Crippen LogP contribution in [0.4, 0.5) is 21.6 Å². The van der Waals surface area contributed by atoms with E-state index < -0.39 is 15.8 Å². The van der Waals surface area contributed by atoms with Crippen molar-refractivity contribution in [3.05, 3.63) is 77.2 Å². The molecular formula is C20H20FN3O2S. The molecule has 3 aromatic rings. The molecule has 27 heavy (non-hydrogen) atoms. The second kappa shape index (κ2) is 7.36. The van der Waals surface area contributed by atoms with Gasteiger partial charge < -0.3 is 5.32 Å². The molecule has 5 nitrogen and oxygen atoms in total. The van der Waals surface area contributed by atoms with Gasteiger partial charge in [0.05, 0.1) is 16.8 Å². The van der Waals surface area contributed by atoms with Crippen molar-refractivity contribution in [3.8, 4) is 0 Å². The molecule has 0 radical (unpaired) electrons. The zero-order valence-electron chi connectivity index (χ0n) is 15.2. The molecule has 0 aliphatic heterocycles. The summed E-state index contributed by atoms with van der Waals surface area (Å²) in [6.45, 7) is 5.55. The molecule has 1 aromatic heterocycles.